The second kappa shape index (κ2) is 5.95. The van der Waals surface area contributed by atoms with Crippen LogP contribution in [-0.4, -0.2) is 23.2 Å². The minimum atomic E-state index is -0.126. The van der Waals surface area contributed by atoms with Crippen LogP contribution in [0.1, 0.15) is 21.6 Å². The summed E-state index contributed by atoms with van der Waals surface area (Å²) in [4.78, 5) is 12.2. The average molecular weight is 256 g/mol. The van der Waals surface area contributed by atoms with Crippen molar-refractivity contribution in [2.45, 2.75) is 13.5 Å². The van der Waals surface area contributed by atoms with E-state index in [1.165, 1.54) is 0 Å². The van der Waals surface area contributed by atoms with Gasteiger partial charge in [-0.3, -0.25) is 4.79 Å². The van der Waals surface area contributed by atoms with Crippen molar-refractivity contribution in [3.05, 3.63) is 53.3 Å². The van der Waals surface area contributed by atoms with Crippen LogP contribution < -0.4 is 10.6 Å². The zero-order chi connectivity index (χ0) is 13.7. The van der Waals surface area contributed by atoms with Crippen LogP contribution in [0.25, 0.3) is 0 Å². The van der Waals surface area contributed by atoms with Crippen molar-refractivity contribution >= 4 is 11.6 Å². The Balaban J connectivity index is 2.10. The average Bonchev–Trinajstić information content (AvgIpc) is 2.46. The van der Waals surface area contributed by atoms with Gasteiger partial charge in [0.05, 0.1) is 17.8 Å². The molecule has 0 aliphatic carbocycles. The van der Waals surface area contributed by atoms with E-state index in [-0.39, 0.29) is 5.91 Å². The first kappa shape index (κ1) is 13.0. The van der Waals surface area contributed by atoms with Crippen LogP contribution in [0.5, 0.6) is 0 Å². The van der Waals surface area contributed by atoms with Gasteiger partial charge in [0.1, 0.15) is 0 Å². The summed E-state index contributed by atoms with van der Waals surface area (Å²) in [6.07, 6.45) is 1.60. The summed E-state index contributed by atoms with van der Waals surface area (Å²) in [5, 5.41) is 13.5. The van der Waals surface area contributed by atoms with Crippen LogP contribution in [0.2, 0.25) is 0 Å². The van der Waals surface area contributed by atoms with Crippen LogP contribution in [-0.2, 0) is 6.54 Å². The SMILES string of the molecule is CNc1ccc(C)cc1C(=O)NCc1cccnn1. The van der Waals surface area contributed by atoms with Gasteiger partial charge in [-0.25, -0.2) is 0 Å². The van der Waals surface area contributed by atoms with E-state index in [2.05, 4.69) is 20.8 Å². The van der Waals surface area contributed by atoms with E-state index in [1.54, 1.807) is 19.3 Å². The summed E-state index contributed by atoms with van der Waals surface area (Å²) in [6.45, 7) is 2.32. The van der Waals surface area contributed by atoms with Crippen LogP contribution in [0, 0.1) is 6.92 Å². The Hall–Kier alpha value is -2.43. The molecule has 0 radical (unpaired) electrons. The molecule has 0 aliphatic rings. The number of carbonyl (C=O) groups excluding carboxylic acids is 1. The molecule has 0 atom stereocenters. The van der Waals surface area contributed by atoms with Gasteiger partial charge in [0.25, 0.3) is 5.91 Å². The van der Waals surface area contributed by atoms with Gasteiger partial charge in [-0.15, -0.1) is 0 Å². The number of aromatic nitrogens is 2. The van der Waals surface area contributed by atoms with E-state index in [9.17, 15) is 4.79 Å². The largest absolute Gasteiger partial charge is 0.387 e. The van der Waals surface area contributed by atoms with E-state index in [4.69, 9.17) is 0 Å². The highest BCUT2D eigenvalue weighted by molar-refractivity contribution is 5.99. The third-order valence-corrected chi connectivity index (χ3v) is 2.75. The minimum absolute atomic E-state index is 0.126. The molecule has 2 N–H and O–H groups in total. The van der Waals surface area contributed by atoms with Gasteiger partial charge < -0.3 is 10.6 Å². The molecule has 1 heterocycles. The highest BCUT2D eigenvalue weighted by atomic mass is 16.1. The third-order valence-electron chi connectivity index (χ3n) is 2.75. The zero-order valence-electron chi connectivity index (χ0n) is 11.0. The summed E-state index contributed by atoms with van der Waals surface area (Å²) in [5.41, 5.74) is 3.21. The van der Waals surface area contributed by atoms with Gasteiger partial charge in [-0.1, -0.05) is 11.6 Å². The van der Waals surface area contributed by atoms with E-state index in [0.29, 0.717) is 12.1 Å². The van der Waals surface area contributed by atoms with Crippen LogP contribution in [0.4, 0.5) is 5.69 Å². The van der Waals surface area contributed by atoms with Crippen LogP contribution in [0.15, 0.2) is 36.5 Å². The van der Waals surface area contributed by atoms with Gasteiger partial charge in [0, 0.05) is 18.9 Å². The zero-order valence-corrected chi connectivity index (χ0v) is 11.0. The van der Waals surface area contributed by atoms with Crippen molar-refractivity contribution < 1.29 is 4.79 Å². The number of hydrogen-bond acceptors (Lipinski definition) is 4. The van der Waals surface area contributed by atoms with Gasteiger partial charge in [-0.2, -0.15) is 10.2 Å². The number of rotatable bonds is 4. The molecule has 19 heavy (non-hydrogen) atoms. The first-order valence-electron chi connectivity index (χ1n) is 6.04. The van der Waals surface area contributed by atoms with Crippen molar-refractivity contribution in [2.75, 3.05) is 12.4 Å². The molecule has 0 spiro atoms. The number of aryl methyl sites for hydroxylation is 1. The summed E-state index contributed by atoms with van der Waals surface area (Å²) in [6, 6.07) is 9.33. The van der Waals surface area contributed by atoms with Crippen molar-refractivity contribution in [1.82, 2.24) is 15.5 Å². The van der Waals surface area contributed by atoms with Crippen LogP contribution in [0.3, 0.4) is 0 Å². The quantitative estimate of drug-likeness (QED) is 0.874. The number of carbonyl (C=O) groups is 1. The molecule has 5 heteroatoms. The standard InChI is InChI=1S/C14H16N4O/c1-10-5-6-13(15-2)12(8-10)14(19)16-9-11-4-3-7-17-18-11/h3-8,15H,9H2,1-2H3,(H,16,19). The van der Waals surface area contributed by atoms with E-state index in [1.807, 2.05) is 31.2 Å². The number of nitrogens with zero attached hydrogens (tertiary/aromatic N) is 2. The fourth-order valence-electron chi connectivity index (χ4n) is 1.76. The Bertz CT molecular complexity index is 569. The van der Waals surface area contributed by atoms with E-state index < -0.39 is 0 Å². The molecule has 0 saturated heterocycles. The molecule has 0 aliphatic heterocycles. The maximum Gasteiger partial charge on any atom is 0.253 e. The Morgan fingerprint density at radius 1 is 1.32 bits per heavy atom. The molecular formula is C14H16N4O. The number of hydrogen-bond donors (Lipinski definition) is 2. The van der Waals surface area contributed by atoms with Crippen molar-refractivity contribution in [2.24, 2.45) is 0 Å². The Morgan fingerprint density at radius 2 is 2.16 bits per heavy atom. The lowest BCUT2D eigenvalue weighted by atomic mass is 10.1. The van der Waals surface area contributed by atoms with Gasteiger partial charge in [-0.05, 0) is 31.2 Å². The molecule has 5 nitrogen and oxygen atoms in total. The van der Waals surface area contributed by atoms with Crippen molar-refractivity contribution in [3.8, 4) is 0 Å². The maximum absolute atomic E-state index is 12.2. The van der Waals surface area contributed by atoms with Gasteiger partial charge in [0.2, 0.25) is 0 Å². The third kappa shape index (κ3) is 3.28. The second-order valence-electron chi connectivity index (χ2n) is 4.20. The normalized spacial score (nSPS) is 10.0. The summed E-state index contributed by atoms with van der Waals surface area (Å²) in [7, 11) is 1.80. The van der Waals surface area contributed by atoms with Crippen molar-refractivity contribution in [3.63, 3.8) is 0 Å². The maximum atomic E-state index is 12.2. The molecule has 2 rings (SSSR count). The Kier molecular flexibility index (Phi) is 4.07. The topological polar surface area (TPSA) is 66.9 Å². The second-order valence-corrected chi connectivity index (χ2v) is 4.20. The Labute approximate surface area is 112 Å². The molecule has 0 saturated carbocycles. The Morgan fingerprint density at radius 3 is 2.84 bits per heavy atom. The molecule has 2 aromatic rings. The molecule has 0 unspecified atom stereocenters. The molecule has 1 aromatic heterocycles. The number of nitrogens with one attached hydrogen (secondary N) is 2. The van der Waals surface area contributed by atoms with Crippen molar-refractivity contribution in [1.29, 1.82) is 0 Å². The van der Waals surface area contributed by atoms with Gasteiger partial charge in [0.15, 0.2) is 0 Å². The summed E-state index contributed by atoms with van der Waals surface area (Å²) < 4.78 is 0. The lowest BCUT2D eigenvalue weighted by Gasteiger charge is -2.10. The first-order chi connectivity index (χ1) is 9.20. The monoisotopic (exact) mass is 256 g/mol. The minimum Gasteiger partial charge on any atom is -0.387 e. The molecule has 98 valence electrons. The molecule has 0 bridgehead atoms. The first-order valence-corrected chi connectivity index (χ1v) is 6.04. The lowest BCUT2D eigenvalue weighted by Crippen LogP contribution is -2.24. The summed E-state index contributed by atoms with van der Waals surface area (Å²) >= 11 is 0. The fraction of sp³-hybridized carbons (Fsp3) is 0.214. The predicted molar refractivity (Wildman–Crippen MR) is 73.9 cm³/mol. The van der Waals surface area contributed by atoms with Gasteiger partial charge >= 0.3 is 0 Å². The molecule has 1 aromatic carbocycles. The summed E-state index contributed by atoms with van der Waals surface area (Å²) in [5.74, 6) is -0.126. The molecule has 0 fully saturated rings. The molecule has 1 amide bonds. The van der Waals surface area contributed by atoms with Crippen LogP contribution >= 0.6 is 0 Å². The number of benzene rings is 1. The molecular weight excluding hydrogens is 240 g/mol. The lowest BCUT2D eigenvalue weighted by molar-refractivity contribution is 0.0951. The van der Waals surface area contributed by atoms with E-state index >= 15 is 0 Å². The van der Waals surface area contributed by atoms with E-state index in [0.717, 1.165) is 16.9 Å². The highest BCUT2D eigenvalue weighted by Gasteiger charge is 2.10. The number of anilines is 1. The fourth-order valence-corrected chi connectivity index (χ4v) is 1.76. The smallest absolute Gasteiger partial charge is 0.253 e. The number of amides is 1. The highest BCUT2D eigenvalue weighted by Crippen LogP contribution is 2.16. The predicted octanol–water partition coefficient (Wildman–Crippen LogP) is 1.76.